The van der Waals surface area contributed by atoms with Crippen LogP contribution in [0.15, 0.2) is 73.1 Å². The highest BCUT2D eigenvalue weighted by Gasteiger charge is 2.09. The quantitative estimate of drug-likeness (QED) is 0.544. The zero-order valence-electron chi connectivity index (χ0n) is 16.2. The van der Waals surface area contributed by atoms with E-state index >= 15 is 0 Å². The molecule has 0 atom stereocenters. The lowest BCUT2D eigenvalue weighted by atomic mass is 10.1. The monoisotopic (exact) mass is 416 g/mol. The highest BCUT2D eigenvalue weighted by atomic mass is 32.2. The van der Waals surface area contributed by atoms with Crippen LogP contribution in [0, 0.1) is 11.3 Å². The molecule has 2 aromatic carbocycles. The van der Waals surface area contributed by atoms with Crippen molar-refractivity contribution in [2.45, 2.75) is 5.75 Å². The largest absolute Gasteiger partial charge is 0.351 e. The zero-order valence-corrected chi connectivity index (χ0v) is 17.0. The molecule has 0 saturated carbocycles. The normalized spacial score (nSPS) is 10.1. The van der Waals surface area contributed by atoms with E-state index < -0.39 is 0 Å². The predicted molar refractivity (Wildman–Crippen MR) is 118 cm³/mol. The second kappa shape index (κ2) is 10.8. The number of thioether (sulfide) groups is 1. The molecule has 0 saturated heterocycles. The molecule has 0 aliphatic carbocycles. The molecule has 3 aromatic rings. The number of aromatic nitrogens is 1. The minimum atomic E-state index is -0.283. The van der Waals surface area contributed by atoms with E-state index in [1.807, 2.05) is 18.2 Å². The van der Waals surface area contributed by atoms with E-state index in [9.17, 15) is 9.59 Å². The van der Waals surface area contributed by atoms with Crippen LogP contribution in [-0.4, -0.2) is 29.1 Å². The van der Waals surface area contributed by atoms with Crippen molar-refractivity contribution in [2.75, 3.05) is 17.6 Å². The first kappa shape index (κ1) is 21.1. The van der Waals surface area contributed by atoms with Crippen LogP contribution >= 0.6 is 11.8 Å². The van der Waals surface area contributed by atoms with Crippen LogP contribution in [0.5, 0.6) is 0 Å². The number of pyridine rings is 1. The molecule has 0 aliphatic rings. The Labute approximate surface area is 179 Å². The van der Waals surface area contributed by atoms with Gasteiger partial charge >= 0.3 is 0 Å². The van der Waals surface area contributed by atoms with Crippen molar-refractivity contribution < 1.29 is 9.59 Å². The summed E-state index contributed by atoms with van der Waals surface area (Å²) in [5, 5.41) is 14.8. The van der Waals surface area contributed by atoms with Gasteiger partial charge in [0.15, 0.2) is 0 Å². The van der Waals surface area contributed by atoms with Gasteiger partial charge in [-0.05, 0) is 42.0 Å². The van der Waals surface area contributed by atoms with E-state index in [1.165, 1.54) is 6.20 Å². The average Bonchev–Trinajstić information content (AvgIpc) is 2.79. The maximum Gasteiger partial charge on any atom is 0.257 e. The number of carbonyl (C=O) groups is 2. The summed E-state index contributed by atoms with van der Waals surface area (Å²) in [6.07, 6.45) is 3.08. The molecule has 3 rings (SSSR count). The summed E-state index contributed by atoms with van der Waals surface area (Å²) in [4.78, 5) is 28.6. The third-order valence-electron chi connectivity index (χ3n) is 4.23. The molecule has 0 spiro atoms. The molecular weight excluding hydrogens is 396 g/mol. The van der Waals surface area contributed by atoms with Crippen molar-refractivity contribution in [3.05, 3.63) is 95.3 Å². The first-order chi connectivity index (χ1) is 14.7. The average molecular weight is 417 g/mol. The maximum absolute atomic E-state index is 12.4. The molecule has 1 heterocycles. The second-order valence-electron chi connectivity index (χ2n) is 6.35. The fourth-order valence-electron chi connectivity index (χ4n) is 2.71. The summed E-state index contributed by atoms with van der Waals surface area (Å²) in [5.41, 5.74) is 3.13. The van der Waals surface area contributed by atoms with Crippen LogP contribution in [-0.2, 0) is 5.75 Å². The lowest BCUT2D eigenvalue weighted by Gasteiger charge is -2.09. The molecule has 0 unspecified atom stereocenters. The third-order valence-corrected chi connectivity index (χ3v) is 5.24. The molecule has 1 aromatic heterocycles. The van der Waals surface area contributed by atoms with Gasteiger partial charge in [-0.3, -0.25) is 14.6 Å². The lowest BCUT2D eigenvalue weighted by Crippen LogP contribution is -2.26. The minimum Gasteiger partial charge on any atom is -0.351 e. The number of amides is 2. The van der Waals surface area contributed by atoms with E-state index in [4.69, 9.17) is 5.26 Å². The Morgan fingerprint density at radius 2 is 1.83 bits per heavy atom. The number of anilines is 1. The Bertz CT molecular complexity index is 1060. The van der Waals surface area contributed by atoms with Crippen molar-refractivity contribution in [3.63, 3.8) is 0 Å². The third kappa shape index (κ3) is 5.93. The number of nitriles is 1. The summed E-state index contributed by atoms with van der Waals surface area (Å²) in [5.74, 6) is 0.957. The molecule has 0 radical (unpaired) electrons. The van der Waals surface area contributed by atoms with Gasteiger partial charge in [-0.25, -0.2) is 0 Å². The fourth-order valence-corrected chi connectivity index (χ4v) is 3.58. The molecule has 0 fully saturated rings. The van der Waals surface area contributed by atoms with E-state index in [0.717, 1.165) is 17.1 Å². The summed E-state index contributed by atoms with van der Waals surface area (Å²) >= 11 is 1.65. The Hall–Kier alpha value is -3.63. The van der Waals surface area contributed by atoms with Crippen molar-refractivity contribution in [3.8, 4) is 6.07 Å². The molecular formula is C23H20N4O2S. The van der Waals surface area contributed by atoms with Crippen LogP contribution < -0.4 is 10.6 Å². The lowest BCUT2D eigenvalue weighted by molar-refractivity contribution is 0.0954. The molecule has 150 valence electrons. The number of benzene rings is 2. The zero-order chi connectivity index (χ0) is 21.2. The highest BCUT2D eigenvalue weighted by molar-refractivity contribution is 7.98. The number of hydrogen-bond acceptors (Lipinski definition) is 5. The van der Waals surface area contributed by atoms with E-state index in [0.29, 0.717) is 28.9 Å². The van der Waals surface area contributed by atoms with Gasteiger partial charge in [0.25, 0.3) is 11.8 Å². The predicted octanol–water partition coefficient (Wildman–Crippen LogP) is 3.87. The van der Waals surface area contributed by atoms with Gasteiger partial charge in [0.1, 0.15) is 0 Å². The van der Waals surface area contributed by atoms with Crippen LogP contribution in [0.3, 0.4) is 0 Å². The van der Waals surface area contributed by atoms with Gasteiger partial charge < -0.3 is 10.6 Å². The van der Waals surface area contributed by atoms with Crippen LogP contribution in [0.2, 0.25) is 0 Å². The second-order valence-corrected chi connectivity index (χ2v) is 7.46. The Kier molecular flexibility index (Phi) is 7.58. The Morgan fingerprint density at radius 3 is 2.63 bits per heavy atom. The first-order valence-corrected chi connectivity index (χ1v) is 10.5. The standard InChI is InChI=1S/C23H20N4O2S/c24-14-18-5-1-2-6-20(18)16-30-12-11-26-22(28)17-7-3-9-21(13-17)27-23(29)19-8-4-10-25-15-19/h1-10,13,15H,11-12,16H2,(H,26,28)(H,27,29). The van der Waals surface area contributed by atoms with Crippen LogP contribution in [0.25, 0.3) is 0 Å². The van der Waals surface area contributed by atoms with Gasteiger partial charge in [-0.1, -0.05) is 24.3 Å². The van der Waals surface area contributed by atoms with Crippen molar-refractivity contribution >= 4 is 29.3 Å². The number of rotatable bonds is 8. The molecule has 0 bridgehead atoms. The topological polar surface area (TPSA) is 94.9 Å². The van der Waals surface area contributed by atoms with Crippen molar-refractivity contribution in [1.29, 1.82) is 5.26 Å². The molecule has 2 N–H and O–H groups in total. The SMILES string of the molecule is N#Cc1ccccc1CSCCNC(=O)c1cccc(NC(=O)c2cccnc2)c1. The smallest absolute Gasteiger partial charge is 0.257 e. The van der Waals surface area contributed by atoms with Gasteiger partial charge in [0, 0.05) is 41.7 Å². The number of carbonyl (C=O) groups excluding carboxylic acids is 2. The first-order valence-electron chi connectivity index (χ1n) is 9.33. The molecule has 2 amide bonds. The number of hydrogen-bond donors (Lipinski definition) is 2. The van der Waals surface area contributed by atoms with E-state index in [-0.39, 0.29) is 11.8 Å². The fraction of sp³-hybridized carbons (Fsp3) is 0.130. The Morgan fingerprint density at radius 1 is 1.00 bits per heavy atom. The maximum atomic E-state index is 12.4. The Balaban J connectivity index is 1.47. The summed E-state index contributed by atoms with van der Waals surface area (Å²) in [6, 6.07) is 19.8. The van der Waals surface area contributed by atoms with Crippen molar-refractivity contribution in [2.24, 2.45) is 0 Å². The van der Waals surface area contributed by atoms with Gasteiger partial charge in [0.2, 0.25) is 0 Å². The molecule has 7 heteroatoms. The summed E-state index contributed by atoms with van der Waals surface area (Å²) in [6.45, 7) is 0.504. The highest BCUT2D eigenvalue weighted by Crippen LogP contribution is 2.16. The van der Waals surface area contributed by atoms with E-state index in [2.05, 4.69) is 21.7 Å². The summed E-state index contributed by atoms with van der Waals surface area (Å²) < 4.78 is 0. The molecule has 6 nitrogen and oxygen atoms in total. The van der Waals surface area contributed by atoms with E-state index in [1.54, 1.807) is 60.4 Å². The van der Waals surface area contributed by atoms with Crippen LogP contribution in [0.1, 0.15) is 31.8 Å². The summed E-state index contributed by atoms with van der Waals surface area (Å²) in [7, 11) is 0. The molecule has 0 aliphatic heterocycles. The minimum absolute atomic E-state index is 0.203. The van der Waals surface area contributed by atoms with Crippen molar-refractivity contribution in [1.82, 2.24) is 10.3 Å². The van der Waals surface area contributed by atoms with Gasteiger partial charge in [-0.15, -0.1) is 0 Å². The number of nitrogens with zero attached hydrogens (tertiary/aromatic N) is 2. The van der Waals surface area contributed by atoms with Gasteiger partial charge in [-0.2, -0.15) is 17.0 Å². The van der Waals surface area contributed by atoms with Crippen LogP contribution in [0.4, 0.5) is 5.69 Å². The molecule has 30 heavy (non-hydrogen) atoms. The number of nitrogens with one attached hydrogen (secondary N) is 2. The van der Waals surface area contributed by atoms with Gasteiger partial charge in [0.05, 0.1) is 17.2 Å².